The molecule has 0 saturated carbocycles. The van der Waals surface area contributed by atoms with E-state index in [1.807, 2.05) is 44.2 Å². The van der Waals surface area contributed by atoms with Crippen LogP contribution in [0.1, 0.15) is 40.1 Å². The standard InChI is InChI=1S/C27H27N3O5/c1-27(2,16-35-26(32)19-13-17-11-12-28-24(17)29-15-19)20-6-8-21(9-7-20)30-25(31)18-5-10-22(33-3)23(14-18)34-4/h5-15H,16H2,1-4H3,(H,28,29)(H,30,31). The quantitative estimate of drug-likeness (QED) is 0.351. The van der Waals surface area contributed by atoms with Crippen molar-refractivity contribution in [1.82, 2.24) is 9.97 Å². The van der Waals surface area contributed by atoms with Gasteiger partial charge < -0.3 is 24.5 Å². The Morgan fingerprint density at radius 1 is 0.943 bits per heavy atom. The highest BCUT2D eigenvalue weighted by molar-refractivity contribution is 6.04. The molecule has 35 heavy (non-hydrogen) atoms. The van der Waals surface area contributed by atoms with E-state index < -0.39 is 11.4 Å². The van der Waals surface area contributed by atoms with Crippen LogP contribution in [-0.4, -0.2) is 42.7 Å². The number of nitrogens with one attached hydrogen (secondary N) is 2. The number of aromatic amines is 1. The van der Waals surface area contributed by atoms with Crippen LogP contribution in [0.25, 0.3) is 11.0 Å². The summed E-state index contributed by atoms with van der Waals surface area (Å²) < 4.78 is 16.1. The van der Waals surface area contributed by atoms with Crippen LogP contribution in [-0.2, 0) is 10.2 Å². The molecule has 0 unspecified atom stereocenters. The summed E-state index contributed by atoms with van der Waals surface area (Å²) in [6.45, 7) is 4.17. The zero-order valence-electron chi connectivity index (χ0n) is 20.0. The lowest BCUT2D eigenvalue weighted by atomic mass is 9.85. The number of pyridine rings is 1. The summed E-state index contributed by atoms with van der Waals surface area (Å²) in [4.78, 5) is 32.4. The van der Waals surface area contributed by atoms with Gasteiger partial charge in [-0.3, -0.25) is 4.79 Å². The van der Waals surface area contributed by atoms with Gasteiger partial charge in [-0.25, -0.2) is 9.78 Å². The van der Waals surface area contributed by atoms with Gasteiger partial charge in [-0.1, -0.05) is 26.0 Å². The topological polar surface area (TPSA) is 103 Å². The van der Waals surface area contributed by atoms with Crippen LogP contribution in [0, 0.1) is 0 Å². The zero-order chi connectivity index (χ0) is 25.0. The third-order valence-electron chi connectivity index (χ3n) is 5.77. The number of esters is 1. The van der Waals surface area contributed by atoms with E-state index >= 15 is 0 Å². The number of ether oxygens (including phenoxy) is 3. The van der Waals surface area contributed by atoms with Crippen LogP contribution in [0.2, 0.25) is 0 Å². The predicted octanol–water partition coefficient (Wildman–Crippen LogP) is 4.97. The lowest BCUT2D eigenvalue weighted by Gasteiger charge is -2.25. The van der Waals surface area contributed by atoms with Crippen molar-refractivity contribution in [3.05, 3.63) is 83.7 Å². The van der Waals surface area contributed by atoms with Gasteiger partial charge in [0.1, 0.15) is 12.3 Å². The maximum atomic E-state index is 12.7. The van der Waals surface area contributed by atoms with Crippen LogP contribution >= 0.6 is 0 Å². The Kier molecular flexibility index (Phi) is 6.73. The van der Waals surface area contributed by atoms with Crippen LogP contribution < -0.4 is 14.8 Å². The normalized spacial score (nSPS) is 11.2. The molecule has 0 fully saturated rings. The Morgan fingerprint density at radius 2 is 1.69 bits per heavy atom. The Hall–Kier alpha value is -4.33. The van der Waals surface area contributed by atoms with E-state index in [0.717, 1.165) is 16.6 Å². The fraction of sp³-hybridized carbons (Fsp3) is 0.222. The highest BCUT2D eigenvalue weighted by Crippen LogP contribution is 2.29. The highest BCUT2D eigenvalue weighted by atomic mass is 16.5. The van der Waals surface area contributed by atoms with Crippen molar-refractivity contribution < 1.29 is 23.8 Å². The van der Waals surface area contributed by atoms with E-state index in [4.69, 9.17) is 14.2 Å². The van der Waals surface area contributed by atoms with E-state index in [1.165, 1.54) is 13.3 Å². The molecule has 0 aliphatic carbocycles. The first-order chi connectivity index (χ1) is 16.8. The highest BCUT2D eigenvalue weighted by Gasteiger charge is 2.24. The molecule has 2 aromatic carbocycles. The number of H-pyrrole nitrogens is 1. The minimum absolute atomic E-state index is 0.189. The van der Waals surface area contributed by atoms with Crippen molar-refractivity contribution in [1.29, 1.82) is 0 Å². The molecule has 2 aromatic heterocycles. The van der Waals surface area contributed by atoms with Gasteiger partial charge in [-0.2, -0.15) is 0 Å². The molecule has 1 amide bonds. The van der Waals surface area contributed by atoms with Gasteiger partial charge in [0.2, 0.25) is 0 Å². The molecule has 8 nitrogen and oxygen atoms in total. The number of carbonyl (C=O) groups is 2. The minimum atomic E-state index is -0.437. The number of methoxy groups -OCH3 is 2. The van der Waals surface area contributed by atoms with Gasteiger partial charge in [0.25, 0.3) is 5.91 Å². The molecule has 0 atom stereocenters. The molecule has 8 heteroatoms. The van der Waals surface area contributed by atoms with E-state index in [-0.39, 0.29) is 12.5 Å². The number of aromatic nitrogens is 2. The largest absolute Gasteiger partial charge is 0.493 e. The summed E-state index contributed by atoms with van der Waals surface area (Å²) in [7, 11) is 3.07. The number of benzene rings is 2. The number of anilines is 1. The second kappa shape index (κ2) is 9.89. The van der Waals surface area contributed by atoms with Gasteiger partial charge >= 0.3 is 5.97 Å². The van der Waals surface area contributed by atoms with Gasteiger partial charge in [0.05, 0.1) is 19.8 Å². The Bertz CT molecular complexity index is 1360. The van der Waals surface area contributed by atoms with Crippen LogP contribution in [0.15, 0.2) is 67.0 Å². The molecule has 4 rings (SSSR count). The van der Waals surface area contributed by atoms with Gasteiger partial charge in [-0.05, 0) is 48.0 Å². The Morgan fingerprint density at radius 3 is 2.40 bits per heavy atom. The number of hydrogen-bond acceptors (Lipinski definition) is 6. The summed E-state index contributed by atoms with van der Waals surface area (Å²) in [5, 5.41) is 3.73. The smallest absolute Gasteiger partial charge is 0.339 e. The fourth-order valence-corrected chi connectivity index (χ4v) is 3.65. The second-order valence-electron chi connectivity index (χ2n) is 8.70. The first-order valence-corrected chi connectivity index (χ1v) is 11.0. The van der Waals surface area contributed by atoms with Crippen molar-refractivity contribution in [2.24, 2.45) is 0 Å². The molecule has 0 spiro atoms. The molecule has 0 bridgehead atoms. The summed E-state index contributed by atoms with van der Waals surface area (Å²) in [5.74, 6) is 0.348. The molecule has 0 saturated heterocycles. The first-order valence-electron chi connectivity index (χ1n) is 11.0. The molecule has 0 aliphatic rings. The Labute approximate surface area is 203 Å². The minimum Gasteiger partial charge on any atom is -0.493 e. The van der Waals surface area contributed by atoms with Gasteiger partial charge in [0, 0.05) is 34.4 Å². The number of nitrogens with zero attached hydrogens (tertiary/aromatic N) is 1. The number of amides is 1. The number of hydrogen-bond donors (Lipinski definition) is 2. The van der Waals surface area contributed by atoms with Crippen LogP contribution in [0.3, 0.4) is 0 Å². The summed E-state index contributed by atoms with van der Waals surface area (Å²) >= 11 is 0. The van der Waals surface area contributed by atoms with Crippen LogP contribution in [0.5, 0.6) is 11.5 Å². The summed E-state index contributed by atoms with van der Waals surface area (Å²) in [6, 6.07) is 16.1. The molecule has 2 heterocycles. The van der Waals surface area contributed by atoms with Gasteiger partial charge in [0.15, 0.2) is 11.5 Å². The van der Waals surface area contributed by atoms with Crippen molar-refractivity contribution in [3.8, 4) is 11.5 Å². The van der Waals surface area contributed by atoms with E-state index in [1.54, 1.807) is 37.6 Å². The van der Waals surface area contributed by atoms with Crippen molar-refractivity contribution in [2.45, 2.75) is 19.3 Å². The maximum Gasteiger partial charge on any atom is 0.339 e. The monoisotopic (exact) mass is 473 g/mol. The molecule has 2 N–H and O–H groups in total. The zero-order valence-corrected chi connectivity index (χ0v) is 20.0. The summed E-state index contributed by atoms with van der Waals surface area (Å²) in [5.41, 5.74) is 2.75. The van der Waals surface area contributed by atoms with E-state index in [0.29, 0.717) is 28.3 Å². The summed E-state index contributed by atoms with van der Waals surface area (Å²) in [6.07, 6.45) is 3.28. The van der Waals surface area contributed by atoms with E-state index in [2.05, 4.69) is 15.3 Å². The Balaban J connectivity index is 1.38. The molecule has 180 valence electrons. The number of rotatable bonds is 8. The van der Waals surface area contributed by atoms with Crippen molar-refractivity contribution >= 4 is 28.6 Å². The third-order valence-corrected chi connectivity index (χ3v) is 5.77. The predicted molar refractivity (Wildman–Crippen MR) is 133 cm³/mol. The van der Waals surface area contributed by atoms with Crippen molar-refractivity contribution in [3.63, 3.8) is 0 Å². The average molecular weight is 474 g/mol. The third kappa shape index (κ3) is 5.27. The molecular formula is C27H27N3O5. The first kappa shape index (κ1) is 23.8. The maximum absolute atomic E-state index is 12.7. The average Bonchev–Trinajstić information content (AvgIpc) is 3.35. The molecular weight excluding hydrogens is 446 g/mol. The SMILES string of the molecule is COc1ccc(C(=O)Nc2ccc(C(C)(C)COC(=O)c3cnc4[nH]ccc4c3)cc2)cc1OC. The second-order valence-corrected chi connectivity index (χ2v) is 8.70. The molecule has 4 aromatic rings. The number of carbonyl (C=O) groups excluding carboxylic acids is 2. The number of fused-ring (bicyclic) bond motifs is 1. The molecule has 0 aliphatic heterocycles. The lowest BCUT2D eigenvalue weighted by Crippen LogP contribution is -2.26. The van der Waals surface area contributed by atoms with Gasteiger partial charge in [-0.15, -0.1) is 0 Å². The molecule has 0 radical (unpaired) electrons. The van der Waals surface area contributed by atoms with Crippen LogP contribution in [0.4, 0.5) is 5.69 Å². The fourth-order valence-electron chi connectivity index (χ4n) is 3.65. The van der Waals surface area contributed by atoms with E-state index in [9.17, 15) is 9.59 Å². The van der Waals surface area contributed by atoms with Crippen molar-refractivity contribution in [2.75, 3.05) is 26.1 Å². The lowest BCUT2D eigenvalue weighted by molar-refractivity contribution is 0.0426.